The van der Waals surface area contributed by atoms with Crippen molar-refractivity contribution in [3.8, 4) is 5.75 Å². The van der Waals surface area contributed by atoms with Gasteiger partial charge in [0.15, 0.2) is 0 Å². The second-order valence-electron chi connectivity index (χ2n) is 10.4. The Morgan fingerprint density at radius 3 is 2.30 bits per heavy atom. The Kier molecular flexibility index (Phi) is 10.4. The fraction of sp³-hybridized carbons (Fsp3) is 0.355. The lowest BCUT2D eigenvalue weighted by molar-refractivity contribution is -0.384. The van der Waals surface area contributed by atoms with E-state index in [0.717, 1.165) is 36.1 Å². The normalized spacial score (nSPS) is 14.1. The minimum Gasteiger partial charge on any atom is -0.497 e. The van der Waals surface area contributed by atoms with Crippen molar-refractivity contribution in [1.82, 2.24) is 10.2 Å². The lowest BCUT2D eigenvalue weighted by atomic mass is 10.1. The Morgan fingerprint density at radius 2 is 1.70 bits per heavy atom. The van der Waals surface area contributed by atoms with Gasteiger partial charge in [-0.05, 0) is 55.2 Å². The molecule has 1 aliphatic carbocycles. The van der Waals surface area contributed by atoms with Gasteiger partial charge in [0.1, 0.15) is 18.3 Å². The van der Waals surface area contributed by atoms with Gasteiger partial charge in [0.2, 0.25) is 11.8 Å². The number of hydrogen-bond donors (Lipinski definition) is 1. The van der Waals surface area contributed by atoms with Crippen LogP contribution in [0.25, 0.3) is 0 Å². The number of nitrogens with one attached hydrogen (secondary N) is 1. The molecule has 12 heteroatoms. The molecule has 2 amide bonds. The van der Waals surface area contributed by atoms with E-state index in [-0.39, 0.29) is 34.8 Å². The molecule has 0 saturated heterocycles. The molecule has 0 heterocycles. The molecule has 1 aliphatic rings. The van der Waals surface area contributed by atoms with Crippen LogP contribution in [-0.2, 0) is 26.2 Å². The third-order valence-electron chi connectivity index (χ3n) is 7.54. The quantitative estimate of drug-likeness (QED) is 0.220. The number of rotatable bonds is 13. The van der Waals surface area contributed by atoms with Crippen LogP contribution in [0.15, 0.2) is 83.8 Å². The highest BCUT2D eigenvalue weighted by Gasteiger charge is 2.35. The summed E-state index contributed by atoms with van der Waals surface area (Å²) in [7, 11) is -2.79. The number of nitrogens with zero attached hydrogens (tertiary/aromatic N) is 3. The maximum Gasteiger partial charge on any atom is 0.271 e. The fourth-order valence-corrected chi connectivity index (χ4v) is 6.65. The molecule has 228 valence electrons. The van der Waals surface area contributed by atoms with Crippen LogP contribution in [0.4, 0.5) is 11.4 Å². The van der Waals surface area contributed by atoms with Crippen LogP contribution >= 0.6 is 0 Å². The average Bonchev–Trinajstić information content (AvgIpc) is 3.53. The number of benzene rings is 3. The van der Waals surface area contributed by atoms with Crippen molar-refractivity contribution < 1.29 is 27.7 Å². The van der Waals surface area contributed by atoms with Crippen LogP contribution < -0.4 is 14.4 Å². The van der Waals surface area contributed by atoms with E-state index in [1.807, 2.05) is 0 Å². The summed E-state index contributed by atoms with van der Waals surface area (Å²) in [5, 5.41) is 14.6. The summed E-state index contributed by atoms with van der Waals surface area (Å²) >= 11 is 0. The van der Waals surface area contributed by atoms with E-state index in [1.54, 1.807) is 56.5 Å². The second kappa shape index (κ2) is 14.1. The third kappa shape index (κ3) is 7.69. The average molecular weight is 609 g/mol. The van der Waals surface area contributed by atoms with E-state index in [1.165, 1.54) is 35.2 Å². The van der Waals surface area contributed by atoms with Crippen molar-refractivity contribution in [1.29, 1.82) is 0 Å². The predicted octanol–water partition coefficient (Wildman–Crippen LogP) is 4.66. The zero-order valence-electron chi connectivity index (χ0n) is 24.2. The van der Waals surface area contributed by atoms with Gasteiger partial charge in [-0.25, -0.2) is 8.42 Å². The summed E-state index contributed by atoms with van der Waals surface area (Å²) in [6, 6.07) is 18.9. The molecule has 1 fully saturated rings. The topological polar surface area (TPSA) is 139 Å². The zero-order chi connectivity index (χ0) is 31.0. The number of methoxy groups -OCH3 is 1. The molecule has 1 N–H and O–H groups in total. The highest BCUT2D eigenvalue weighted by Crippen LogP contribution is 2.28. The Bertz CT molecular complexity index is 1530. The molecule has 0 aliphatic heterocycles. The first-order valence-corrected chi connectivity index (χ1v) is 15.6. The minimum absolute atomic E-state index is 0.0271. The Balaban J connectivity index is 1.73. The van der Waals surface area contributed by atoms with Crippen molar-refractivity contribution in [2.24, 2.45) is 0 Å². The first kappa shape index (κ1) is 31.5. The van der Waals surface area contributed by atoms with Gasteiger partial charge in [-0.3, -0.25) is 24.0 Å². The first-order chi connectivity index (χ1) is 20.6. The molecular formula is C31H36N4O7S. The van der Waals surface area contributed by atoms with Crippen LogP contribution in [0.3, 0.4) is 0 Å². The summed E-state index contributed by atoms with van der Waals surface area (Å²) in [6.45, 7) is 1.15. The molecule has 0 spiro atoms. The Labute approximate surface area is 251 Å². The molecule has 1 saturated carbocycles. The summed E-state index contributed by atoms with van der Waals surface area (Å²) in [6.07, 6.45) is 4.06. The van der Waals surface area contributed by atoms with Crippen LogP contribution in [0.2, 0.25) is 0 Å². The standard InChI is InChI=1S/C31H36N4O7S/c1-3-29(31(37)32-24-10-7-8-11-24)33(21-23-16-18-27(42-2)19-17-23)30(36)22-34(25-12-9-13-26(20-25)35(38)39)43(40,41)28-14-5-4-6-15-28/h4-6,9,12-20,24,29H,3,7-8,10-11,21-22H2,1-2H3,(H,32,37)/t29-/m0/s1. The van der Waals surface area contributed by atoms with Crippen LogP contribution in [-0.4, -0.2) is 55.8 Å². The summed E-state index contributed by atoms with van der Waals surface area (Å²) in [5.41, 5.74) is 0.351. The summed E-state index contributed by atoms with van der Waals surface area (Å²) in [5.74, 6) is -0.308. The number of sulfonamides is 1. The van der Waals surface area contributed by atoms with Crippen LogP contribution in [0.5, 0.6) is 5.75 Å². The predicted molar refractivity (Wildman–Crippen MR) is 162 cm³/mol. The van der Waals surface area contributed by atoms with Gasteiger partial charge < -0.3 is 15.0 Å². The van der Waals surface area contributed by atoms with Gasteiger partial charge in [0.25, 0.3) is 15.7 Å². The summed E-state index contributed by atoms with van der Waals surface area (Å²) in [4.78, 5) is 39.9. The number of nitro groups is 1. The molecule has 11 nitrogen and oxygen atoms in total. The van der Waals surface area contributed by atoms with E-state index in [9.17, 15) is 28.1 Å². The van der Waals surface area contributed by atoms with Crippen LogP contribution in [0.1, 0.15) is 44.6 Å². The SMILES string of the molecule is CC[C@@H](C(=O)NC1CCCC1)N(Cc1ccc(OC)cc1)C(=O)CN(c1cccc([N+](=O)[O-])c1)S(=O)(=O)c1ccccc1. The molecule has 3 aromatic rings. The second-order valence-corrected chi connectivity index (χ2v) is 12.2. The van der Waals surface area contributed by atoms with Gasteiger partial charge in [0.05, 0.1) is 22.6 Å². The lowest BCUT2D eigenvalue weighted by Gasteiger charge is -2.33. The van der Waals surface area contributed by atoms with E-state index in [2.05, 4.69) is 5.32 Å². The van der Waals surface area contributed by atoms with Gasteiger partial charge in [-0.2, -0.15) is 0 Å². The van der Waals surface area contributed by atoms with Crippen LogP contribution in [0, 0.1) is 10.1 Å². The van der Waals surface area contributed by atoms with Crippen molar-refractivity contribution in [3.05, 3.63) is 94.5 Å². The van der Waals surface area contributed by atoms with Gasteiger partial charge in [-0.15, -0.1) is 0 Å². The van der Waals surface area contributed by atoms with E-state index in [0.29, 0.717) is 17.7 Å². The third-order valence-corrected chi connectivity index (χ3v) is 9.33. The monoisotopic (exact) mass is 608 g/mol. The molecular weight excluding hydrogens is 572 g/mol. The lowest BCUT2D eigenvalue weighted by Crippen LogP contribution is -2.53. The van der Waals surface area contributed by atoms with E-state index < -0.39 is 33.4 Å². The fourth-order valence-electron chi connectivity index (χ4n) is 5.22. The molecule has 1 atom stereocenters. The van der Waals surface area contributed by atoms with Crippen molar-refractivity contribution in [2.45, 2.75) is 62.6 Å². The number of carbonyl (C=O) groups is 2. The van der Waals surface area contributed by atoms with Crippen molar-refractivity contribution in [2.75, 3.05) is 18.0 Å². The Hall–Kier alpha value is -4.45. The number of hydrogen-bond acceptors (Lipinski definition) is 7. The summed E-state index contributed by atoms with van der Waals surface area (Å²) < 4.78 is 33.9. The number of ether oxygens (including phenoxy) is 1. The van der Waals surface area contributed by atoms with Gasteiger partial charge >= 0.3 is 0 Å². The molecule has 0 aromatic heterocycles. The molecule has 0 unspecified atom stereocenters. The van der Waals surface area contributed by atoms with E-state index in [4.69, 9.17) is 4.74 Å². The Morgan fingerprint density at radius 1 is 1.02 bits per heavy atom. The highest BCUT2D eigenvalue weighted by molar-refractivity contribution is 7.92. The smallest absolute Gasteiger partial charge is 0.271 e. The molecule has 4 rings (SSSR count). The van der Waals surface area contributed by atoms with Crippen molar-refractivity contribution >= 4 is 33.2 Å². The maximum atomic E-state index is 14.2. The first-order valence-electron chi connectivity index (χ1n) is 14.2. The number of anilines is 1. The van der Waals surface area contributed by atoms with Gasteiger partial charge in [0, 0.05) is 24.7 Å². The highest BCUT2D eigenvalue weighted by atomic mass is 32.2. The largest absolute Gasteiger partial charge is 0.497 e. The number of nitro benzene ring substituents is 1. The molecule has 3 aromatic carbocycles. The molecule has 43 heavy (non-hydrogen) atoms. The zero-order valence-corrected chi connectivity index (χ0v) is 25.0. The molecule has 0 radical (unpaired) electrons. The minimum atomic E-state index is -4.33. The maximum absolute atomic E-state index is 14.2. The van der Waals surface area contributed by atoms with Gasteiger partial charge in [-0.1, -0.05) is 56.2 Å². The van der Waals surface area contributed by atoms with Crippen molar-refractivity contribution in [3.63, 3.8) is 0 Å². The molecule has 0 bridgehead atoms. The number of non-ortho nitro benzene ring substituents is 1. The number of amides is 2. The van der Waals surface area contributed by atoms with E-state index >= 15 is 0 Å². The number of carbonyl (C=O) groups excluding carboxylic acids is 2.